The highest BCUT2D eigenvalue weighted by Gasteiger charge is 2.14. The Morgan fingerprint density at radius 3 is 3.06 bits per heavy atom. The average Bonchev–Trinajstić information content (AvgIpc) is 2.96. The Labute approximate surface area is 95.4 Å². The maximum atomic E-state index is 5.18. The minimum absolute atomic E-state index is 0.441. The molecule has 0 unspecified atom stereocenters. The second-order valence-corrected chi connectivity index (χ2v) is 4.21. The molecule has 16 heavy (non-hydrogen) atoms. The van der Waals surface area contributed by atoms with E-state index in [1.807, 2.05) is 35.3 Å². The average molecular weight is 232 g/mol. The first-order valence-electron chi connectivity index (χ1n) is 4.70. The van der Waals surface area contributed by atoms with Crippen molar-refractivity contribution in [2.75, 3.05) is 0 Å². The predicted octanol–water partition coefficient (Wildman–Crippen LogP) is 2.20. The van der Waals surface area contributed by atoms with Crippen LogP contribution in [0.25, 0.3) is 22.4 Å². The molecule has 0 N–H and O–H groups in total. The van der Waals surface area contributed by atoms with Crippen LogP contribution in [-0.4, -0.2) is 19.7 Å². The van der Waals surface area contributed by atoms with Gasteiger partial charge in [0.1, 0.15) is 0 Å². The number of hydrogen-bond acceptors (Lipinski definition) is 5. The first-order chi connectivity index (χ1) is 7.84. The van der Waals surface area contributed by atoms with Crippen molar-refractivity contribution in [2.45, 2.75) is 0 Å². The molecule has 80 valence electrons. The number of aromatic nitrogens is 4. The minimum Gasteiger partial charge on any atom is -0.330 e. The third kappa shape index (κ3) is 1.43. The normalized spacial score (nSPS) is 10.8. The van der Waals surface area contributed by atoms with Gasteiger partial charge in [-0.15, -0.1) is 11.3 Å². The molecule has 0 fully saturated rings. The maximum Gasteiger partial charge on any atom is 0.294 e. The van der Waals surface area contributed by atoms with Gasteiger partial charge in [-0.05, 0) is 11.4 Å². The zero-order valence-electron chi connectivity index (χ0n) is 8.49. The molecule has 0 bridgehead atoms. The van der Waals surface area contributed by atoms with Crippen LogP contribution in [0.15, 0.2) is 34.4 Å². The lowest BCUT2D eigenvalue weighted by molar-refractivity contribution is 0.428. The number of aryl methyl sites for hydroxylation is 1. The van der Waals surface area contributed by atoms with E-state index in [1.54, 1.807) is 17.5 Å². The Bertz CT molecular complexity index is 596. The first-order valence-corrected chi connectivity index (χ1v) is 5.58. The van der Waals surface area contributed by atoms with Gasteiger partial charge in [-0.2, -0.15) is 4.98 Å². The van der Waals surface area contributed by atoms with Crippen LogP contribution in [0.5, 0.6) is 0 Å². The van der Waals surface area contributed by atoms with Crippen molar-refractivity contribution in [3.05, 3.63) is 29.9 Å². The molecule has 0 amide bonds. The van der Waals surface area contributed by atoms with Crippen LogP contribution in [0.4, 0.5) is 0 Å². The summed E-state index contributed by atoms with van der Waals surface area (Å²) in [6.07, 6.45) is 3.54. The van der Waals surface area contributed by atoms with Gasteiger partial charge >= 0.3 is 0 Å². The van der Waals surface area contributed by atoms with Gasteiger partial charge in [0.05, 0.1) is 4.88 Å². The standard InChI is InChI=1S/C10H8N4OS/c1-14-5-4-11-9(14)10-12-8(13-15-10)7-3-2-6-16-7/h2-6H,1H3. The Kier molecular flexibility index (Phi) is 2.07. The molecule has 3 aromatic rings. The van der Waals surface area contributed by atoms with Crippen LogP contribution in [0, 0.1) is 0 Å². The van der Waals surface area contributed by atoms with Crippen molar-refractivity contribution in [1.29, 1.82) is 0 Å². The summed E-state index contributed by atoms with van der Waals surface area (Å²) in [5.41, 5.74) is 0. The lowest BCUT2D eigenvalue weighted by Gasteiger charge is -1.92. The van der Waals surface area contributed by atoms with Crippen LogP contribution in [0.3, 0.4) is 0 Å². The lowest BCUT2D eigenvalue weighted by Crippen LogP contribution is -1.90. The highest BCUT2D eigenvalue weighted by atomic mass is 32.1. The van der Waals surface area contributed by atoms with E-state index in [0.717, 1.165) is 4.88 Å². The molecule has 0 atom stereocenters. The third-order valence-corrected chi connectivity index (χ3v) is 3.05. The third-order valence-electron chi connectivity index (χ3n) is 2.18. The molecule has 3 aromatic heterocycles. The van der Waals surface area contributed by atoms with Crippen LogP contribution < -0.4 is 0 Å². The van der Waals surface area contributed by atoms with Crippen molar-refractivity contribution >= 4 is 11.3 Å². The summed E-state index contributed by atoms with van der Waals surface area (Å²) < 4.78 is 7.01. The molecule has 0 saturated heterocycles. The first kappa shape index (κ1) is 9.29. The van der Waals surface area contributed by atoms with E-state index in [4.69, 9.17) is 4.52 Å². The van der Waals surface area contributed by atoms with E-state index in [-0.39, 0.29) is 0 Å². The summed E-state index contributed by atoms with van der Waals surface area (Å²) in [6.45, 7) is 0. The molecule has 0 radical (unpaired) electrons. The topological polar surface area (TPSA) is 56.7 Å². The van der Waals surface area contributed by atoms with E-state index in [2.05, 4.69) is 15.1 Å². The summed E-state index contributed by atoms with van der Waals surface area (Å²) in [4.78, 5) is 9.45. The van der Waals surface area contributed by atoms with Crippen molar-refractivity contribution < 1.29 is 4.52 Å². The summed E-state index contributed by atoms with van der Waals surface area (Å²) in [7, 11) is 1.89. The molecule has 0 aliphatic heterocycles. The number of thiophene rings is 1. The minimum atomic E-state index is 0.441. The van der Waals surface area contributed by atoms with Gasteiger partial charge in [-0.3, -0.25) is 0 Å². The van der Waals surface area contributed by atoms with Crippen molar-refractivity contribution in [3.8, 4) is 22.4 Å². The fourth-order valence-corrected chi connectivity index (χ4v) is 2.04. The van der Waals surface area contributed by atoms with Crippen LogP contribution in [0.1, 0.15) is 0 Å². The van der Waals surface area contributed by atoms with Crippen LogP contribution >= 0.6 is 11.3 Å². The highest BCUT2D eigenvalue weighted by molar-refractivity contribution is 7.13. The molecule has 0 saturated carbocycles. The smallest absolute Gasteiger partial charge is 0.294 e. The Morgan fingerprint density at radius 2 is 2.38 bits per heavy atom. The molecule has 0 aliphatic rings. The molecule has 0 aliphatic carbocycles. The second kappa shape index (κ2) is 3.57. The fraction of sp³-hybridized carbons (Fsp3) is 0.100. The Hall–Kier alpha value is -1.95. The SMILES string of the molecule is Cn1ccnc1-c1nc(-c2cccs2)no1. The Morgan fingerprint density at radius 1 is 1.44 bits per heavy atom. The summed E-state index contributed by atoms with van der Waals surface area (Å²) in [6, 6.07) is 3.91. The zero-order chi connectivity index (χ0) is 11.0. The quantitative estimate of drug-likeness (QED) is 0.679. The number of nitrogens with zero attached hydrogens (tertiary/aromatic N) is 4. The van der Waals surface area contributed by atoms with E-state index in [0.29, 0.717) is 17.5 Å². The summed E-state index contributed by atoms with van der Waals surface area (Å²) in [5.74, 6) is 1.72. The fourth-order valence-electron chi connectivity index (χ4n) is 1.39. The van der Waals surface area contributed by atoms with E-state index < -0.39 is 0 Å². The molecule has 3 rings (SSSR count). The van der Waals surface area contributed by atoms with Crippen molar-refractivity contribution in [3.63, 3.8) is 0 Å². The van der Waals surface area contributed by atoms with Crippen molar-refractivity contribution in [2.24, 2.45) is 7.05 Å². The maximum absolute atomic E-state index is 5.18. The molecule has 5 nitrogen and oxygen atoms in total. The van der Waals surface area contributed by atoms with Gasteiger partial charge in [-0.25, -0.2) is 4.98 Å². The summed E-state index contributed by atoms with van der Waals surface area (Å²) in [5, 5.41) is 5.91. The van der Waals surface area contributed by atoms with Gasteiger partial charge in [-0.1, -0.05) is 11.2 Å². The van der Waals surface area contributed by atoms with E-state index in [1.165, 1.54) is 0 Å². The molecular formula is C10H8N4OS. The zero-order valence-corrected chi connectivity index (χ0v) is 9.31. The van der Waals surface area contributed by atoms with Gasteiger partial charge < -0.3 is 9.09 Å². The summed E-state index contributed by atoms with van der Waals surface area (Å²) >= 11 is 1.58. The predicted molar refractivity (Wildman–Crippen MR) is 59.8 cm³/mol. The van der Waals surface area contributed by atoms with Gasteiger partial charge in [0, 0.05) is 19.4 Å². The van der Waals surface area contributed by atoms with Gasteiger partial charge in [0.25, 0.3) is 5.89 Å². The molecule has 0 aromatic carbocycles. The molecule has 6 heteroatoms. The second-order valence-electron chi connectivity index (χ2n) is 3.26. The van der Waals surface area contributed by atoms with E-state index in [9.17, 15) is 0 Å². The highest BCUT2D eigenvalue weighted by Crippen LogP contribution is 2.24. The van der Waals surface area contributed by atoms with Crippen LogP contribution in [-0.2, 0) is 7.05 Å². The van der Waals surface area contributed by atoms with Gasteiger partial charge in [0.2, 0.25) is 5.82 Å². The van der Waals surface area contributed by atoms with E-state index >= 15 is 0 Å². The molecular weight excluding hydrogens is 224 g/mol. The Balaban J connectivity index is 2.03. The monoisotopic (exact) mass is 232 g/mol. The van der Waals surface area contributed by atoms with Crippen molar-refractivity contribution in [1.82, 2.24) is 19.7 Å². The number of imidazole rings is 1. The molecule has 0 spiro atoms. The molecule has 3 heterocycles. The largest absolute Gasteiger partial charge is 0.330 e. The number of hydrogen-bond donors (Lipinski definition) is 0. The lowest BCUT2D eigenvalue weighted by atomic mass is 10.4. The van der Waals surface area contributed by atoms with Crippen LogP contribution in [0.2, 0.25) is 0 Å². The number of rotatable bonds is 2. The van der Waals surface area contributed by atoms with Gasteiger partial charge in [0.15, 0.2) is 5.82 Å².